The van der Waals surface area contributed by atoms with E-state index < -0.39 is 42.5 Å². The second-order valence-corrected chi connectivity index (χ2v) is 4.21. The van der Waals surface area contributed by atoms with Gasteiger partial charge in [-0.1, -0.05) is 0 Å². The van der Waals surface area contributed by atoms with Crippen molar-refractivity contribution in [1.29, 1.82) is 0 Å². The summed E-state index contributed by atoms with van der Waals surface area (Å²) in [5.41, 5.74) is -0.694. The number of hydrogen-bond acceptors (Lipinski definition) is 2. The van der Waals surface area contributed by atoms with Gasteiger partial charge >= 0.3 is 18.2 Å². The van der Waals surface area contributed by atoms with E-state index in [-0.39, 0.29) is 5.69 Å². The Morgan fingerprint density at radius 3 is 2.48 bits per heavy atom. The molecular formula is C12H12F4N2O3. The van der Waals surface area contributed by atoms with E-state index in [9.17, 15) is 27.2 Å². The molecule has 2 amide bonds. The zero-order valence-electron chi connectivity index (χ0n) is 10.9. The fourth-order valence-corrected chi connectivity index (χ4v) is 1.41. The molecule has 1 aromatic rings. The van der Waals surface area contributed by atoms with Crippen molar-refractivity contribution in [2.24, 2.45) is 0 Å². The molecule has 21 heavy (non-hydrogen) atoms. The third-order valence-corrected chi connectivity index (χ3v) is 2.53. The average Bonchev–Trinajstić information content (AvgIpc) is 2.36. The lowest BCUT2D eigenvalue weighted by Gasteiger charge is -2.19. The minimum absolute atomic E-state index is 0.201. The molecule has 2 N–H and O–H groups in total. The molecule has 5 nitrogen and oxygen atoms in total. The first kappa shape index (κ1) is 16.7. The lowest BCUT2D eigenvalue weighted by Crippen LogP contribution is -2.34. The number of carboxylic acid groups (broad SMARTS) is 1. The lowest BCUT2D eigenvalue weighted by molar-refractivity contribution is -0.135. The van der Waals surface area contributed by atoms with Crippen LogP contribution in [0.1, 0.15) is 16.8 Å². The first-order valence-corrected chi connectivity index (χ1v) is 5.72. The van der Waals surface area contributed by atoms with Gasteiger partial charge in [0.25, 0.3) is 0 Å². The van der Waals surface area contributed by atoms with Crippen LogP contribution in [0.2, 0.25) is 0 Å². The minimum atomic E-state index is -4.41. The zero-order valence-corrected chi connectivity index (χ0v) is 10.9. The van der Waals surface area contributed by atoms with Crippen LogP contribution in [0.15, 0.2) is 18.2 Å². The first-order valence-electron chi connectivity index (χ1n) is 5.72. The van der Waals surface area contributed by atoms with Gasteiger partial charge in [-0.3, -0.25) is 0 Å². The van der Waals surface area contributed by atoms with Crippen LogP contribution in [0.3, 0.4) is 0 Å². The van der Waals surface area contributed by atoms with Crippen LogP contribution < -0.4 is 5.32 Å². The van der Waals surface area contributed by atoms with Gasteiger partial charge in [-0.05, 0) is 18.2 Å². The molecule has 0 aliphatic carbocycles. The molecule has 0 radical (unpaired) electrons. The van der Waals surface area contributed by atoms with Crippen molar-refractivity contribution < 1.29 is 32.3 Å². The molecule has 0 saturated heterocycles. The van der Waals surface area contributed by atoms with E-state index in [1.54, 1.807) is 0 Å². The number of aromatic carboxylic acids is 1. The summed E-state index contributed by atoms with van der Waals surface area (Å²) in [5.74, 6) is -2.28. The molecule has 0 aliphatic rings. The Morgan fingerprint density at radius 1 is 1.33 bits per heavy atom. The number of carboxylic acids is 1. The van der Waals surface area contributed by atoms with E-state index in [1.807, 2.05) is 0 Å². The van der Waals surface area contributed by atoms with Gasteiger partial charge in [-0.15, -0.1) is 0 Å². The highest BCUT2D eigenvalue weighted by molar-refractivity contribution is 5.99. The first-order chi connectivity index (χ1) is 9.60. The minimum Gasteiger partial charge on any atom is -0.478 e. The highest BCUT2D eigenvalue weighted by Gasteiger charge is 2.28. The lowest BCUT2D eigenvalue weighted by atomic mass is 10.1. The highest BCUT2D eigenvalue weighted by atomic mass is 19.4. The molecule has 0 unspecified atom stereocenters. The van der Waals surface area contributed by atoms with Gasteiger partial charge < -0.3 is 15.3 Å². The Hall–Kier alpha value is -2.32. The molecule has 9 heteroatoms. The Bertz CT molecular complexity index is 546. The number of nitrogens with one attached hydrogen (secondary N) is 1. The van der Waals surface area contributed by atoms with Gasteiger partial charge in [-0.25, -0.2) is 14.0 Å². The molecule has 0 spiro atoms. The summed E-state index contributed by atoms with van der Waals surface area (Å²) < 4.78 is 49.1. The second kappa shape index (κ2) is 6.42. The van der Waals surface area contributed by atoms with E-state index in [1.165, 1.54) is 0 Å². The maximum atomic E-state index is 12.9. The molecule has 0 bridgehead atoms. The third-order valence-electron chi connectivity index (χ3n) is 2.53. The van der Waals surface area contributed by atoms with Crippen LogP contribution in [0.25, 0.3) is 0 Å². The zero-order chi connectivity index (χ0) is 16.2. The fourth-order valence-electron chi connectivity index (χ4n) is 1.41. The second-order valence-electron chi connectivity index (χ2n) is 4.21. The van der Waals surface area contributed by atoms with E-state index >= 15 is 0 Å². The molecule has 0 aliphatic heterocycles. The van der Waals surface area contributed by atoms with Crippen molar-refractivity contribution in [3.05, 3.63) is 29.6 Å². The van der Waals surface area contributed by atoms with Crippen LogP contribution in [-0.4, -0.2) is 41.8 Å². The molecule has 0 saturated carbocycles. The highest BCUT2D eigenvalue weighted by Crippen LogP contribution is 2.20. The van der Waals surface area contributed by atoms with Gasteiger partial charge in [0.2, 0.25) is 0 Å². The maximum Gasteiger partial charge on any atom is 0.390 e. The fraction of sp³-hybridized carbons (Fsp3) is 0.333. The summed E-state index contributed by atoms with van der Waals surface area (Å²) in [7, 11) is 1.13. The predicted molar refractivity (Wildman–Crippen MR) is 65.7 cm³/mol. The number of nitrogens with zero attached hydrogens (tertiary/aromatic N) is 1. The van der Waals surface area contributed by atoms with Crippen LogP contribution >= 0.6 is 0 Å². The van der Waals surface area contributed by atoms with Gasteiger partial charge in [0, 0.05) is 13.6 Å². The summed E-state index contributed by atoms with van der Waals surface area (Å²) in [4.78, 5) is 23.3. The van der Waals surface area contributed by atoms with E-state index in [0.717, 1.165) is 24.1 Å². The smallest absolute Gasteiger partial charge is 0.390 e. The summed E-state index contributed by atoms with van der Waals surface area (Å²) in [6.07, 6.45) is -5.59. The number of alkyl halides is 3. The maximum absolute atomic E-state index is 12.9. The van der Waals surface area contributed by atoms with Gasteiger partial charge in [0.1, 0.15) is 5.82 Å². The van der Waals surface area contributed by atoms with Crippen molar-refractivity contribution in [2.45, 2.75) is 12.6 Å². The average molecular weight is 308 g/mol. The molecule has 0 aromatic heterocycles. The Morgan fingerprint density at radius 2 is 1.95 bits per heavy atom. The molecule has 0 fully saturated rings. The monoisotopic (exact) mass is 308 g/mol. The SMILES string of the molecule is CN(CCC(F)(F)F)C(=O)Nc1ccc(F)cc1C(=O)O. The number of urea groups is 1. The van der Waals surface area contributed by atoms with Gasteiger partial charge in [0.15, 0.2) is 0 Å². The summed E-state index contributed by atoms with van der Waals surface area (Å²) in [6, 6.07) is 1.73. The summed E-state index contributed by atoms with van der Waals surface area (Å²) in [5, 5.41) is 11.0. The Balaban J connectivity index is 2.77. The van der Waals surface area contributed by atoms with Crippen LogP contribution in [0.4, 0.5) is 28.0 Å². The topological polar surface area (TPSA) is 69.6 Å². The number of anilines is 1. The molecule has 0 heterocycles. The number of hydrogen-bond donors (Lipinski definition) is 2. The van der Waals surface area contributed by atoms with Crippen LogP contribution in [0.5, 0.6) is 0 Å². The number of carbonyl (C=O) groups excluding carboxylic acids is 1. The molecular weight excluding hydrogens is 296 g/mol. The van der Waals surface area contributed by atoms with Crippen LogP contribution in [0, 0.1) is 5.82 Å². The Labute approximate surface area is 117 Å². The number of carbonyl (C=O) groups is 2. The van der Waals surface area contributed by atoms with Crippen molar-refractivity contribution in [2.75, 3.05) is 18.9 Å². The van der Waals surface area contributed by atoms with E-state index in [4.69, 9.17) is 5.11 Å². The van der Waals surface area contributed by atoms with Crippen LogP contribution in [-0.2, 0) is 0 Å². The summed E-state index contributed by atoms with van der Waals surface area (Å²) in [6.45, 7) is -0.584. The van der Waals surface area contributed by atoms with Crippen molar-refractivity contribution >= 4 is 17.7 Å². The van der Waals surface area contributed by atoms with E-state index in [0.29, 0.717) is 6.07 Å². The van der Waals surface area contributed by atoms with E-state index in [2.05, 4.69) is 5.32 Å². The van der Waals surface area contributed by atoms with Crippen molar-refractivity contribution in [1.82, 2.24) is 4.90 Å². The largest absolute Gasteiger partial charge is 0.478 e. The molecule has 116 valence electrons. The van der Waals surface area contributed by atoms with Gasteiger partial charge in [0.05, 0.1) is 17.7 Å². The number of amides is 2. The molecule has 1 rings (SSSR count). The predicted octanol–water partition coefficient (Wildman–Crippen LogP) is 2.94. The quantitative estimate of drug-likeness (QED) is 0.840. The number of benzene rings is 1. The Kier molecular flexibility index (Phi) is 5.12. The molecule has 1 aromatic carbocycles. The number of rotatable bonds is 4. The van der Waals surface area contributed by atoms with Gasteiger partial charge in [-0.2, -0.15) is 13.2 Å². The third kappa shape index (κ3) is 5.28. The normalized spacial score (nSPS) is 11.1. The van der Waals surface area contributed by atoms with Crippen molar-refractivity contribution in [3.8, 4) is 0 Å². The molecule has 0 atom stereocenters. The number of halogens is 4. The summed E-state index contributed by atoms with van der Waals surface area (Å²) >= 11 is 0. The van der Waals surface area contributed by atoms with Crippen molar-refractivity contribution in [3.63, 3.8) is 0 Å². The standard InChI is InChI=1S/C12H12F4N2O3/c1-18(5-4-12(14,15)16)11(21)17-9-3-2-7(13)6-8(9)10(19)20/h2-3,6H,4-5H2,1H3,(H,17,21)(H,19,20).